The normalized spacial score (nSPS) is 20.4. The van der Waals surface area contributed by atoms with E-state index in [-0.39, 0.29) is 16.9 Å². The minimum atomic E-state index is -0.0202. The van der Waals surface area contributed by atoms with Gasteiger partial charge in [-0.25, -0.2) is 4.98 Å². The number of hydrogen-bond acceptors (Lipinski definition) is 4. The summed E-state index contributed by atoms with van der Waals surface area (Å²) in [5, 5.41) is 0.732. The zero-order valence-electron chi connectivity index (χ0n) is 9.52. The van der Waals surface area contributed by atoms with E-state index in [2.05, 4.69) is 11.9 Å². The molecule has 2 heterocycles. The second kappa shape index (κ2) is 5.14. The number of amides is 1. The summed E-state index contributed by atoms with van der Waals surface area (Å²) in [6.07, 6.45) is 0. The van der Waals surface area contributed by atoms with E-state index in [9.17, 15) is 4.79 Å². The molecule has 2 N–H and O–H groups in total. The largest absolute Gasteiger partial charge is 0.384 e. The van der Waals surface area contributed by atoms with E-state index < -0.39 is 0 Å². The Balaban J connectivity index is 2.18. The van der Waals surface area contributed by atoms with Crippen LogP contribution in [-0.2, 0) is 0 Å². The zero-order chi connectivity index (χ0) is 12.4. The van der Waals surface area contributed by atoms with Gasteiger partial charge in [0.05, 0.1) is 0 Å². The van der Waals surface area contributed by atoms with E-state index >= 15 is 0 Å². The molecule has 0 saturated carbocycles. The van der Waals surface area contributed by atoms with Crippen LogP contribution >= 0.6 is 23.4 Å². The summed E-state index contributed by atoms with van der Waals surface area (Å²) >= 11 is 7.68. The van der Waals surface area contributed by atoms with Gasteiger partial charge in [0.1, 0.15) is 11.0 Å². The number of pyridine rings is 1. The van der Waals surface area contributed by atoms with Crippen LogP contribution in [0.25, 0.3) is 0 Å². The van der Waals surface area contributed by atoms with Gasteiger partial charge >= 0.3 is 0 Å². The number of carbonyl (C=O) groups excluding carboxylic acids is 1. The highest BCUT2D eigenvalue weighted by atomic mass is 35.5. The van der Waals surface area contributed by atoms with Crippen molar-refractivity contribution in [2.24, 2.45) is 0 Å². The molecule has 1 aliphatic rings. The molecule has 1 aromatic rings. The highest BCUT2D eigenvalue weighted by Gasteiger charge is 2.22. The third kappa shape index (κ3) is 3.04. The minimum Gasteiger partial charge on any atom is -0.384 e. The maximum atomic E-state index is 12.2. The fraction of sp³-hybridized carbons (Fsp3) is 0.455. The van der Waals surface area contributed by atoms with Gasteiger partial charge in [-0.2, -0.15) is 11.8 Å². The number of nitrogen functional groups attached to an aromatic ring is 1. The number of nitrogens with zero attached hydrogens (tertiary/aromatic N) is 2. The van der Waals surface area contributed by atoms with Crippen LogP contribution in [0.1, 0.15) is 17.3 Å². The molecule has 1 aliphatic heterocycles. The highest BCUT2D eigenvalue weighted by Crippen LogP contribution is 2.21. The Morgan fingerprint density at radius 3 is 3.06 bits per heavy atom. The van der Waals surface area contributed by atoms with Gasteiger partial charge in [0.25, 0.3) is 5.91 Å². The average Bonchev–Trinajstić information content (AvgIpc) is 2.26. The molecular weight excluding hydrogens is 258 g/mol. The van der Waals surface area contributed by atoms with Crippen molar-refractivity contribution >= 4 is 35.1 Å². The Labute approximate surface area is 110 Å². The molecule has 0 aromatic carbocycles. The van der Waals surface area contributed by atoms with Crippen LogP contribution in [0.5, 0.6) is 0 Å². The van der Waals surface area contributed by atoms with Gasteiger partial charge in [0.15, 0.2) is 0 Å². The Kier molecular flexibility index (Phi) is 3.79. The fourth-order valence-corrected chi connectivity index (χ4v) is 3.05. The van der Waals surface area contributed by atoms with Crippen molar-refractivity contribution in [2.75, 3.05) is 24.6 Å². The lowest BCUT2D eigenvalue weighted by molar-refractivity contribution is 0.0763. The molecule has 1 fully saturated rings. The van der Waals surface area contributed by atoms with Crippen LogP contribution in [0.4, 0.5) is 5.82 Å². The second-order valence-corrected chi connectivity index (χ2v) is 5.97. The Morgan fingerprint density at radius 2 is 2.41 bits per heavy atom. The molecule has 0 spiro atoms. The first kappa shape index (κ1) is 12.5. The van der Waals surface area contributed by atoms with Gasteiger partial charge in [-0.1, -0.05) is 18.5 Å². The number of nitrogens with two attached hydrogens (primary N) is 1. The molecule has 1 aromatic heterocycles. The summed E-state index contributed by atoms with van der Waals surface area (Å²) in [4.78, 5) is 17.9. The Hall–Kier alpha value is -0.940. The van der Waals surface area contributed by atoms with Crippen molar-refractivity contribution in [1.82, 2.24) is 9.88 Å². The van der Waals surface area contributed by atoms with Crippen molar-refractivity contribution in [3.8, 4) is 0 Å². The van der Waals surface area contributed by atoms with Gasteiger partial charge < -0.3 is 10.6 Å². The van der Waals surface area contributed by atoms with Crippen molar-refractivity contribution in [3.05, 3.63) is 22.8 Å². The number of aromatic nitrogens is 1. The Bertz CT molecular complexity index is 420. The molecule has 1 amide bonds. The van der Waals surface area contributed by atoms with E-state index in [0.717, 1.165) is 18.8 Å². The SMILES string of the molecule is CC1CN(C(=O)c2cc(N)nc(Cl)c2)CCS1. The number of thioether (sulfide) groups is 1. The summed E-state index contributed by atoms with van der Waals surface area (Å²) in [7, 11) is 0. The molecule has 0 bridgehead atoms. The van der Waals surface area contributed by atoms with Crippen LogP contribution in [-0.4, -0.2) is 39.9 Å². The van der Waals surface area contributed by atoms with E-state index in [1.807, 2.05) is 16.7 Å². The first-order chi connectivity index (χ1) is 8.06. The number of rotatable bonds is 1. The number of carbonyl (C=O) groups is 1. The first-order valence-corrected chi connectivity index (χ1v) is 6.83. The summed E-state index contributed by atoms with van der Waals surface area (Å²) in [5.74, 6) is 1.23. The van der Waals surface area contributed by atoms with Crippen LogP contribution in [0.2, 0.25) is 5.15 Å². The molecule has 92 valence electrons. The molecule has 2 rings (SSSR count). The molecule has 0 radical (unpaired) electrons. The smallest absolute Gasteiger partial charge is 0.254 e. The molecule has 1 atom stereocenters. The molecule has 4 nitrogen and oxygen atoms in total. The topological polar surface area (TPSA) is 59.2 Å². The van der Waals surface area contributed by atoms with Crippen molar-refractivity contribution in [3.63, 3.8) is 0 Å². The van der Waals surface area contributed by atoms with Crippen molar-refractivity contribution in [1.29, 1.82) is 0 Å². The van der Waals surface area contributed by atoms with Gasteiger partial charge in [0, 0.05) is 29.7 Å². The van der Waals surface area contributed by atoms with E-state index in [1.54, 1.807) is 12.1 Å². The van der Waals surface area contributed by atoms with Gasteiger partial charge in [-0.3, -0.25) is 4.79 Å². The molecule has 6 heteroatoms. The van der Waals surface area contributed by atoms with E-state index in [1.165, 1.54) is 0 Å². The lowest BCUT2D eigenvalue weighted by Crippen LogP contribution is -2.41. The highest BCUT2D eigenvalue weighted by molar-refractivity contribution is 7.99. The van der Waals surface area contributed by atoms with Crippen LogP contribution < -0.4 is 5.73 Å². The molecule has 0 aliphatic carbocycles. The maximum absolute atomic E-state index is 12.2. The minimum absolute atomic E-state index is 0.0202. The number of halogens is 1. The summed E-state index contributed by atoms with van der Waals surface area (Å²) < 4.78 is 0. The monoisotopic (exact) mass is 271 g/mol. The number of hydrogen-bond donors (Lipinski definition) is 1. The van der Waals surface area contributed by atoms with E-state index in [0.29, 0.717) is 10.8 Å². The molecule has 17 heavy (non-hydrogen) atoms. The average molecular weight is 272 g/mol. The van der Waals surface area contributed by atoms with Gasteiger partial charge in [-0.05, 0) is 12.1 Å². The summed E-state index contributed by atoms with van der Waals surface area (Å²) in [6, 6.07) is 3.13. The van der Waals surface area contributed by atoms with Crippen molar-refractivity contribution in [2.45, 2.75) is 12.2 Å². The quantitative estimate of drug-likeness (QED) is 0.793. The summed E-state index contributed by atoms with van der Waals surface area (Å²) in [5.41, 5.74) is 6.10. The standard InChI is InChI=1S/C11H14ClN3OS/c1-7-6-15(2-3-17-7)11(16)8-4-9(12)14-10(13)5-8/h4-5,7H,2-3,6H2,1H3,(H2,13,14). The number of anilines is 1. The van der Waals surface area contributed by atoms with E-state index in [4.69, 9.17) is 17.3 Å². The third-order valence-corrected chi connectivity index (χ3v) is 3.92. The van der Waals surface area contributed by atoms with Crippen LogP contribution in [0.15, 0.2) is 12.1 Å². The van der Waals surface area contributed by atoms with Gasteiger partial charge in [0.2, 0.25) is 0 Å². The van der Waals surface area contributed by atoms with Gasteiger partial charge in [-0.15, -0.1) is 0 Å². The molecular formula is C11H14ClN3OS. The van der Waals surface area contributed by atoms with Crippen molar-refractivity contribution < 1.29 is 4.79 Å². The Morgan fingerprint density at radius 1 is 1.65 bits per heavy atom. The lowest BCUT2D eigenvalue weighted by atomic mass is 10.2. The zero-order valence-corrected chi connectivity index (χ0v) is 11.1. The molecule has 1 saturated heterocycles. The van der Waals surface area contributed by atoms with Crippen LogP contribution in [0.3, 0.4) is 0 Å². The maximum Gasteiger partial charge on any atom is 0.254 e. The predicted molar refractivity (Wildman–Crippen MR) is 71.5 cm³/mol. The lowest BCUT2D eigenvalue weighted by Gasteiger charge is -2.30. The third-order valence-electron chi connectivity index (χ3n) is 2.59. The first-order valence-electron chi connectivity index (χ1n) is 5.40. The molecule has 1 unspecified atom stereocenters. The fourth-order valence-electron chi connectivity index (χ4n) is 1.83. The van der Waals surface area contributed by atoms with Crippen LogP contribution in [0, 0.1) is 0 Å². The second-order valence-electron chi connectivity index (χ2n) is 4.04. The predicted octanol–water partition coefficient (Wildman–Crippen LogP) is 1.89. The summed E-state index contributed by atoms with van der Waals surface area (Å²) in [6.45, 7) is 3.66.